The Bertz CT molecular complexity index is 670. The van der Waals surface area contributed by atoms with Gasteiger partial charge in [-0.3, -0.25) is 4.79 Å². The molecule has 0 spiro atoms. The van der Waals surface area contributed by atoms with Crippen molar-refractivity contribution in [2.24, 2.45) is 5.73 Å². The van der Waals surface area contributed by atoms with E-state index in [0.717, 1.165) is 6.42 Å². The van der Waals surface area contributed by atoms with Gasteiger partial charge in [-0.2, -0.15) is 4.98 Å². The molecular weight excluding hydrogens is 278 g/mol. The van der Waals surface area contributed by atoms with Gasteiger partial charge in [-0.15, -0.1) is 0 Å². The predicted molar refractivity (Wildman–Crippen MR) is 78.9 cm³/mol. The molecule has 0 bridgehead atoms. The molecule has 106 valence electrons. The standard InChI is InChI=1S/C14H16ClN3O2/c1-2-10(16)7-11-17-13(19)12(14(20)18-11)8-4-3-5-9(15)6-8/h3-6,10H,2,7,16H2,1H3,(H2,17,18,19,20). The summed E-state index contributed by atoms with van der Waals surface area (Å²) < 4.78 is 0. The van der Waals surface area contributed by atoms with Crippen LogP contribution in [0, 0.1) is 0 Å². The van der Waals surface area contributed by atoms with Gasteiger partial charge < -0.3 is 15.8 Å². The summed E-state index contributed by atoms with van der Waals surface area (Å²) in [6.45, 7) is 1.95. The van der Waals surface area contributed by atoms with Gasteiger partial charge in [0.05, 0.1) is 0 Å². The van der Waals surface area contributed by atoms with Gasteiger partial charge in [0.1, 0.15) is 11.4 Å². The Morgan fingerprint density at radius 2 is 2.25 bits per heavy atom. The fraction of sp³-hybridized carbons (Fsp3) is 0.286. The number of halogens is 1. The van der Waals surface area contributed by atoms with E-state index in [9.17, 15) is 9.90 Å². The maximum absolute atomic E-state index is 12.1. The lowest BCUT2D eigenvalue weighted by molar-refractivity contribution is 0.448. The number of aromatic nitrogens is 2. The highest BCUT2D eigenvalue weighted by Crippen LogP contribution is 2.25. The number of nitrogens with two attached hydrogens (primary N) is 1. The van der Waals surface area contributed by atoms with Gasteiger partial charge in [0.2, 0.25) is 5.88 Å². The Balaban J connectivity index is 2.44. The molecule has 0 radical (unpaired) electrons. The van der Waals surface area contributed by atoms with E-state index in [4.69, 9.17) is 17.3 Å². The molecule has 0 aliphatic rings. The topological polar surface area (TPSA) is 92.0 Å². The van der Waals surface area contributed by atoms with Gasteiger partial charge >= 0.3 is 0 Å². The van der Waals surface area contributed by atoms with Crippen molar-refractivity contribution >= 4 is 11.6 Å². The van der Waals surface area contributed by atoms with E-state index >= 15 is 0 Å². The van der Waals surface area contributed by atoms with E-state index in [2.05, 4.69) is 9.97 Å². The van der Waals surface area contributed by atoms with Crippen LogP contribution >= 0.6 is 11.6 Å². The number of nitrogens with zero attached hydrogens (tertiary/aromatic N) is 1. The number of H-pyrrole nitrogens is 1. The van der Waals surface area contributed by atoms with Crippen LogP contribution < -0.4 is 11.3 Å². The normalized spacial score (nSPS) is 12.3. The summed E-state index contributed by atoms with van der Waals surface area (Å²) in [5, 5.41) is 10.5. The first-order valence-corrected chi connectivity index (χ1v) is 6.72. The molecule has 1 atom stereocenters. The van der Waals surface area contributed by atoms with Crippen LogP contribution in [0.4, 0.5) is 0 Å². The first-order valence-electron chi connectivity index (χ1n) is 6.35. The fourth-order valence-electron chi connectivity index (χ4n) is 1.90. The molecule has 0 aliphatic heterocycles. The number of nitrogens with one attached hydrogen (secondary N) is 1. The summed E-state index contributed by atoms with van der Waals surface area (Å²) in [7, 11) is 0. The number of aromatic amines is 1. The molecule has 1 unspecified atom stereocenters. The van der Waals surface area contributed by atoms with E-state index in [1.165, 1.54) is 0 Å². The first kappa shape index (κ1) is 14.6. The molecule has 2 aromatic rings. The Labute approximate surface area is 121 Å². The van der Waals surface area contributed by atoms with Crippen molar-refractivity contribution in [2.45, 2.75) is 25.8 Å². The summed E-state index contributed by atoms with van der Waals surface area (Å²) in [6.07, 6.45) is 1.18. The Hall–Kier alpha value is -1.85. The van der Waals surface area contributed by atoms with E-state index in [0.29, 0.717) is 22.8 Å². The van der Waals surface area contributed by atoms with Crippen molar-refractivity contribution in [3.05, 3.63) is 45.5 Å². The molecule has 6 heteroatoms. The van der Waals surface area contributed by atoms with Crippen LogP contribution in [-0.2, 0) is 6.42 Å². The van der Waals surface area contributed by atoms with E-state index in [1.807, 2.05) is 6.92 Å². The van der Waals surface area contributed by atoms with Crippen molar-refractivity contribution in [1.29, 1.82) is 0 Å². The van der Waals surface area contributed by atoms with E-state index in [-0.39, 0.29) is 17.5 Å². The highest BCUT2D eigenvalue weighted by molar-refractivity contribution is 6.30. The monoisotopic (exact) mass is 293 g/mol. The lowest BCUT2D eigenvalue weighted by atomic mass is 10.1. The third kappa shape index (κ3) is 3.18. The van der Waals surface area contributed by atoms with Crippen LogP contribution in [0.1, 0.15) is 19.2 Å². The van der Waals surface area contributed by atoms with E-state index < -0.39 is 5.56 Å². The minimum atomic E-state index is -0.405. The quantitative estimate of drug-likeness (QED) is 0.804. The van der Waals surface area contributed by atoms with Crippen LogP contribution in [0.3, 0.4) is 0 Å². The number of rotatable bonds is 4. The summed E-state index contributed by atoms with van der Waals surface area (Å²) in [6, 6.07) is 6.59. The molecule has 1 aromatic heterocycles. The van der Waals surface area contributed by atoms with Gasteiger partial charge in [0, 0.05) is 17.5 Å². The molecule has 20 heavy (non-hydrogen) atoms. The first-order chi connectivity index (χ1) is 9.51. The van der Waals surface area contributed by atoms with Gasteiger partial charge in [0.15, 0.2) is 0 Å². The average Bonchev–Trinajstić information content (AvgIpc) is 2.37. The zero-order valence-corrected chi connectivity index (χ0v) is 11.8. The minimum Gasteiger partial charge on any atom is -0.493 e. The van der Waals surface area contributed by atoms with Crippen LogP contribution in [0.5, 0.6) is 5.88 Å². The molecule has 1 aromatic carbocycles. The molecule has 5 nitrogen and oxygen atoms in total. The number of hydrogen-bond donors (Lipinski definition) is 3. The van der Waals surface area contributed by atoms with Crippen LogP contribution in [-0.4, -0.2) is 21.1 Å². The van der Waals surface area contributed by atoms with Crippen molar-refractivity contribution in [2.75, 3.05) is 0 Å². The lowest BCUT2D eigenvalue weighted by Gasteiger charge is -2.09. The number of aromatic hydroxyl groups is 1. The fourth-order valence-corrected chi connectivity index (χ4v) is 2.09. The van der Waals surface area contributed by atoms with E-state index in [1.54, 1.807) is 24.3 Å². The third-order valence-electron chi connectivity index (χ3n) is 3.04. The molecule has 2 rings (SSSR count). The lowest BCUT2D eigenvalue weighted by Crippen LogP contribution is -2.25. The Kier molecular flexibility index (Phi) is 4.42. The second-order valence-electron chi connectivity index (χ2n) is 4.59. The number of benzene rings is 1. The zero-order valence-electron chi connectivity index (χ0n) is 11.1. The molecule has 0 amide bonds. The third-order valence-corrected chi connectivity index (χ3v) is 3.28. The van der Waals surface area contributed by atoms with Gasteiger partial charge in [-0.05, 0) is 24.1 Å². The molecule has 0 saturated carbocycles. The minimum absolute atomic E-state index is 0.102. The van der Waals surface area contributed by atoms with Crippen LogP contribution in [0.2, 0.25) is 5.02 Å². The van der Waals surface area contributed by atoms with Gasteiger partial charge in [-0.25, -0.2) is 0 Å². The zero-order chi connectivity index (χ0) is 14.7. The smallest absolute Gasteiger partial charge is 0.262 e. The largest absolute Gasteiger partial charge is 0.493 e. The molecule has 0 saturated heterocycles. The van der Waals surface area contributed by atoms with Crippen molar-refractivity contribution < 1.29 is 5.11 Å². The predicted octanol–water partition coefficient (Wildman–Crippen LogP) is 2.08. The molecular formula is C14H16ClN3O2. The number of hydrogen-bond acceptors (Lipinski definition) is 4. The summed E-state index contributed by atoms with van der Waals surface area (Å²) in [5.74, 6) is 0.0712. The Morgan fingerprint density at radius 3 is 2.85 bits per heavy atom. The Morgan fingerprint density at radius 1 is 1.50 bits per heavy atom. The summed E-state index contributed by atoms with van der Waals surface area (Å²) in [5.41, 5.74) is 6.04. The van der Waals surface area contributed by atoms with Crippen LogP contribution in [0.15, 0.2) is 29.1 Å². The SMILES string of the molecule is CCC(N)Cc1nc(O)c(-c2cccc(Cl)c2)c(=O)[nH]1. The maximum Gasteiger partial charge on any atom is 0.262 e. The molecule has 0 aliphatic carbocycles. The molecule has 4 N–H and O–H groups in total. The second kappa shape index (κ2) is 6.07. The van der Waals surface area contributed by atoms with Gasteiger partial charge in [-0.1, -0.05) is 30.7 Å². The second-order valence-corrected chi connectivity index (χ2v) is 5.03. The van der Waals surface area contributed by atoms with Crippen molar-refractivity contribution in [1.82, 2.24) is 9.97 Å². The maximum atomic E-state index is 12.1. The highest BCUT2D eigenvalue weighted by atomic mass is 35.5. The highest BCUT2D eigenvalue weighted by Gasteiger charge is 2.14. The average molecular weight is 294 g/mol. The molecule has 1 heterocycles. The van der Waals surface area contributed by atoms with Gasteiger partial charge in [0.25, 0.3) is 5.56 Å². The summed E-state index contributed by atoms with van der Waals surface area (Å²) in [4.78, 5) is 18.8. The van der Waals surface area contributed by atoms with Crippen molar-refractivity contribution in [3.63, 3.8) is 0 Å². The molecule has 0 fully saturated rings. The van der Waals surface area contributed by atoms with Crippen molar-refractivity contribution in [3.8, 4) is 17.0 Å². The van der Waals surface area contributed by atoms with Crippen LogP contribution in [0.25, 0.3) is 11.1 Å². The summed E-state index contributed by atoms with van der Waals surface area (Å²) >= 11 is 5.89.